The Labute approximate surface area is 135 Å². The summed E-state index contributed by atoms with van der Waals surface area (Å²) in [6.07, 6.45) is 2.74. The summed E-state index contributed by atoms with van der Waals surface area (Å²) >= 11 is 1.68. The van der Waals surface area contributed by atoms with E-state index in [1.54, 1.807) is 11.3 Å². The minimum atomic E-state index is 0.220. The molecule has 0 spiro atoms. The SMILES string of the molecule is CCOc1ccc(CC(=O)N(Cc2ccsc2)C2CC2)cc1. The van der Waals surface area contributed by atoms with Gasteiger partial charge in [0.1, 0.15) is 5.75 Å². The predicted molar refractivity (Wildman–Crippen MR) is 89.2 cm³/mol. The number of carbonyl (C=O) groups is 1. The van der Waals surface area contributed by atoms with Gasteiger partial charge in [0.25, 0.3) is 0 Å². The largest absolute Gasteiger partial charge is 0.494 e. The number of rotatable bonds is 7. The molecule has 1 aromatic heterocycles. The third-order valence-corrected chi connectivity index (χ3v) is 4.56. The molecular formula is C18H21NO2S. The first kappa shape index (κ1) is 15.1. The van der Waals surface area contributed by atoms with Crippen LogP contribution in [0.1, 0.15) is 30.9 Å². The molecule has 0 N–H and O–H groups in total. The summed E-state index contributed by atoms with van der Waals surface area (Å²) in [5.41, 5.74) is 2.28. The summed E-state index contributed by atoms with van der Waals surface area (Å²) in [5.74, 6) is 1.08. The molecule has 1 amide bonds. The molecule has 4 heteroatoms. The van der Waals surface area contributed by atoms with Crippen LogP contribution in [0.4, 0.5) is 0 Å². The summed E-state index contributed by atoms with van der Waals surface area (Å²) < 4.78 is 5.44. The van der Waals surface area contributed by atoms with E-state index < -0.39 is 0 Å². The highest BCUT2D eigenvalue weighted by atomic mass is 32.1. The lowest BCUT2D eigenvalue weighted by molar-refractivity contribution is -0.131. The van der Waals surface area contributed by atoms with Crippen molar-refractivity contribution < 1.29 is 9.53 Å². The summed E-state index contributed by atoms with van der Waals surface area (Å²) in [6, 6.07) is 10.4. The van der Waals surface area contributed by atoms with Gasteiger partial charge in [-0.05, 0) is 59.9 Å². The van der Waals surface area contributed by atoms with Gasteiger partial charge in [0.05, 0.1) is 13.0 Å². The van der Waals surface area contributed by atoms with Crippen LogP contribution in [-0.4, -0.2) is 23.5 Å². The van der Waals surface area contributed by atoms with E-state index in [9.17, 15) is 4.79 Å². The van der Waals surface area contributed by atoms with E-state index in [0.29, 0.717) is 19.1 Å². The molecule has 116 valence electrons. The molecule has 1 aliphatic rings. The second kappa shape index (κ2) is 6.97. The molecule has 0 aliphatic heterocycles. The Kier molecular flexibility index (Phi) is 4.78. The molecule has 0 bridgehead atoms. The minimum Gasteiger partial charge on any atom is -0.494 e. The molecular weight excluding hydrogens is 294 g/mol. The maximum absolute atomic E-state index is 12.6. The van der Waals surface area contributed by atoms with Crippen LogP contribution in [0.5, 0.6) is 5.75 Å². The molecule has 0 radical (unpaired) electrons. The van der Waals surface area contributed by atoms with Crippen molar-refractivity contribution in [1.29, 1.82) is 0 Å². The maximum Gasteiger partial charge on any atom is 0.227 e. The zero-order valence-electron chi connectivity index (χ0n) is 12.8. The quantitative estimate of drug-likeness (QED) is 0.776. The van der Waals surface area contributed by atoms with Crippen molar-refractivity contribution in [3.63, 3.8) is 0 Å². The van der Waals surface area contributed by atoms with E-state index in [0.717, 1.165) is 30.7 Å². The first-order valence-corrected chi connectivity index (χ1v) is 8.73. The molecule has 1 fully saturated rings. The molecule has 1 aromatic carbocycles. The summed E-state index contributed by atoms with van der Waals surface area (Å²) in [4.78, 5) is 14.7. The molecule has 22 heavy (non-hydrogen) atoms. The molecule has 0 saturated heterocycles. The van der Waals surface area contributed by atoms with Gasteiger partial charge in [-0.3, -0.25) is 4.79 Å². The highest BCUT2D eigenvalue weighted by Crippen LogP contribution is 2.29. The number of thiophene rings is 1. The van der Waals surface area contributed by atoms with Crippen molar-refractivity contribution in [1.82, 2.24) is 4.90 Å². The van der Waals surface area contributed by atoms with E-state index in [-0.39, 0.29) is 5.91 Å². The van der Waals surface area contributed by atoms with Crippen molar-refractivity contribution in [2.75, 3.05) is 6.61 Å². The van der Waals surface area contributed by atoms with E-state index in [1.807, 2.05) is 36.1 Å². The van der Waals surface area contributed by atoms with Gasteiger partial charge in [-0.1, -0.05) is 12.1 Å². The van der Waals surface area contributed by atoms with Crippen LogP contribution in [0.3, 0.4) is 0 Å². The fraction of sp³-hybridized carbons (Fsp3) is 0.389. The third kappa shape index (κ3) is 3.89. The summed E-state index contributed by atoms with van der Waals surface area (Å²) in [5, 5.41) is 4.19. The number of hydrogen-bond donors (Lipinski definition) is 0. The second-order valence-corrected chi connectivity index (χ2v) is 6.42. The van der Waals surface area contributed by atoms with Crippen molar-refractivity contribution in [2.24, 2.45) is 0 Å². The molecule has 2 aromatic rings. The smallest absolute Gasteiger partial charge is 0.227 e. The Morgan fingerprint density at radius 3 is 2.59 bits per heavy atom. The summed E-state index contributed by atoms with van der Waals surface area (Å²) in [7, 11) is 0. The van der Waals surface area contributed by atoms with Gasteiger partial charge in [0.15, 0.2) is 0 Å². The highest BCUT2D eigenvalue weighted by Gasteiger charge is 2.32. The Bertz CT molecular complexity index is 603. The van der Waals surface area contributed by atoms with Crippen LogP contribution in [0.25, 0.3) is 0 Å². The van der Waals surface area contributed by atoms with Crippen LogP contribution in [0.15, 0.2) is 41.1 Å². The van der Waals surface area contributed by atoms with Crippen molar-refractivity contribution in [3.05, 3.63) is 52.2 Å². The van der Waals surface area contributed by atoms with E-state index in [2.05, 4.69) is 16.8 Å². The molecule has 1 heterocycles. The lowest BCUT2D eigenvalue weighted by Crippen LogP contribution is -2.33. The van der Waals surface area contributed by atoms with Gasteiger partial charge in [-0.2, -0.15) is 11.3 Å². The van der Waals surface area contributed by atoms with Gasteiger partial charge in [-0.15, -0.1) is 0 Å². The normalized spacial score (nSPS) is 13.9. The Hall–Kier alpha value is -1.81. The van der Waals surface area contributed by atoms with Crippen LogP contribution in [-0.2, 0) is 17.8 Å². The first-order chi connectivity index (χ1) is 10.8. The molecule has 3 rings (SSSR count). The fourth-order valence-electron chi connectivity index (χ4n) is 2.53. The zero-order valence-corrected chi connectivity index (χ0v) is 13.6. The van der Waals surface area contributed by atoms with Crippen LogP contribution in [0, 0.1) is 0 Å². The van der Waals surface area contributed by atoms with Crippen molar-refractivity contribution >= 4 is 17.2 Å². The van der Waals surface area contributed by atoms with E-state index in [4.69, 9.17) is 4.74 Å². The Morgan fingerprint density at radius 2 is 2.00 bits per heavy atom. The predicted octanol–water partition coefficient (Wildman–Crippen LogP) is 3.88. The average Bonchev–Trinajstić information content (AvgIpc) is 3.23. The van der Waals surface area contributed by atoms with Crippen LogP contribution >= 0.6 is 11.3 Å². The molecule has 1 aliphatic carbocycles. The van der Waals surface area contributed by atoms with Crippen LogP contribution < -0.4 is 4.74 Å². The van der Waals surface area contributed by atoms with Crippen molar-refractivity contribution in [3.8, 4) is 5.75 Å². The number of carbonyl (C=O) groups excluding carboxylic acids is 1. The number of hydrogen-bond acceptors (Lipinski definition) is 3. The average molecular weight is 315 g/mol. The van der Waals surface area contributed by atoms with Gasteiger partial charge in [0, 0.05) is 12.6 Å². The first-order valence-electron chi connectivity index (χ1n) is 7.78. The topological polar surface area (TPSA) is 29.5 Å². The van der Waals surface area contributed by atoms with Gasteiger partial charge < -0.3 is 9.64 Å². The van der Waals surface area contributed by atoms with Crippen LogP contribution in [0.2, 0.25) is 0 Å². The molecule has 0 atom stereocenters. The standard InChI is InChI=1S/C18H21NO2S/c1-2-21-17-7-3-14(4-8-17)11-18(20)19(16-5-6-16)12-15-9-10-22-13-15/h3-4,7-10,13,16H,2,5-6,11-12H2,1H3. The lowest BCUT2D eigenvalue weighted by Gasteiger charge is -2.22. The van der Waals surface area contributed by atoms with Crippen molar-refractivity contribution in [2.45, 2.75) is 38.8 Å². The molecule has 0 unspecified atom stereocenters. The Balaban J connectivity index is 1.63. The highest BCUT2D eigenvalue weighted by molar-refractivity contribution is 7.07. The zero-order chi connectivity index (χ0) is 15.4. The van der Waals surface area contributed by atoms with E-state index >= 15 is 0 Å². The monoisotopic (exact) mass is 315 g/mol. The molecule has 1 saturated carbocycles. The number of ether oxygens (including phenoxy) is 1. The fourth-order valence-corrected chi connectivity index (χ4v) is 3.19. The van der Waals surface area contributed by atoms with Gasteiger partial charge >= 0.3 is 0 Å². The van der Waals surface area contributed by atoms with Gasteiger partial charge in [0.2, 0.25) is 5.91 Å². The summed E-state index contributed by atoms with van der Waals surface area (Å²) in [6.45, 7) is 3.37. The van der Waals surface area contributed by atoms with E-state index in [1.165, 1.54) is 5.56 Å². The Morgan fingerprint density at radius 1 is 1.23 bits per heavy atom. The molecule has 3 nitrogen and oxygen atoms in total. The lowest BCUT2D eigenvalue weighted by atomic mass is 10.1. The number of amides is 1. The number of benzene rings is 1. The minimum absolute atomic E-state index is 0.220. The maximum atomic E-state index is 12.6. The number of nitrogens with zero attached hydrogens (tertiary/aromatic N) is 1. The second-order valence-electron chi connectivity index (χ2n) is 5.64. The third-order valence-electron chi connectivity index (χ3n) is 3.83. The van der Waals surface area contributed by atoms with Gasteiger partial charge in [-0.25, -0.2) is 0 Å².